The average molecular weight is 361 g/mol. The van der Waals surface area contributed by atoms with Gasteiger partial charge in [-0.3, -0.25) is 0 Å². The molecule has 8 heteroatoms. The second-order valence-corrected chi connectivity index (χ2v) is 9.91. The van der Waals surface area contributed by atoms with Gasteiger partial charge in [0, 0.05) is 18.8 Å². The average Bonchev–Trinajstić information content (AvgIpc) is 2.97. The molecular formula is C15H24N2O4S2. The molecular weight excluding hydrogens is 336 g/mol. The van der Waals surface area contributed by atoms with Crippen LogP contribution in [0.4, 0.5) is 0 Å². The predicted molar refractivity (Wildman–Crippen MR) is 89.4 cm³/mol. The summed E-state index contributed by atoms with van der Waals surface area (Å²) in [6.07, 6.45) is 5.17. The van der Waals surface area contributed by atoms with Crippen LogP contribution in [0, 0.1) is 12.8 Å². The fourth-order valence-electron chi connectivity index (χ4n) is 3.06. The van der Waals surface area contributed by atoms with Crippen LogP contribution in [0.1, 0.15) is 31.2 Å². The molecule has 0 amide bonds. The third-order valence-electron chi connectivity index (χ3n) is 4.41. The Morgan fingerprint density at radius 2 is 1.83 bits per heavy atom. The van der Waals surface area contributed by atoms with E-state index in [0.717, 1.165) is 31.9 Å². The lowest BCUT2D eigenvalue weighted by molar-refractivity contribution is 0.405. The molecule has 1 saturated carbocycles. The summed E-state index contributed by atoms with van der Waals surface area (Å²) in [5.74, 6) is 0.244. The van der Waals surface area contributed by atoms with Crippen LogP contribution in [0.2, 0.25) is 0 Å². The first-order chi connectivity index (χ1) is 10.6. The van der Waals surface area contributed by atoms with E-state index >= 15 is 0 Å². The van der Waals surface area contributed by atoms with Crippen LogP contribution in [-0.2, 0) is 19.9 Å². The zero-order valence-electron chi connectivity index (χ0n) is 13.4. The Kier molecular flexibility index (Phi) is 5.50. The van der Waals surface area contributed by atoms with Gasteiger partial charge in [-0.05, 0) is 43.4 Å². The van der Waals surface area contributed by atoms with Crippen molar-refractivity contribution in [3.8, 4) is 0 Å². The topological polar surface area (TPSA) is 106 Å². The lowest BCUT2D eigenvalue weighted by atomic mass is 9.99. The van der Waals surface area contributed by atoms with Crippen molar-refractivity contribution in [2.45, 2.75) is 48.4 Å². The second kappa shape index (κ2) is 6.88. The lowest BCUT2D eigenvalue weighted by Crippen LogP contribution is -2.44. The molecule has 0 heterocycles. The molecule has 130 valence electrons. The summed E-state index contributed by atoms with van der Waals surface area (Å²) in [6, 6.07) is 3.83. The number of nitrogens with two attached hydrogens (primary N) is 1. The molecule has 0 saturated heterocycles. The van der Waals surface area contributed by atoms with Gasteiger partial charge in [0.05, 0.1) is 9.79 Å². The van der Waals surface area contributed by atoms with Crippen molar-refractivity contribution in [1.82, 2.24) is 4.72 Å². The van der Waals surface area contributed by atoms with E-state index in [0.29, 0.717) is 5.56 Å². The molecule has 6 nitrogen and oxygen atoms in total. The number of benzene rings is 1. The molecule has 1 aliphatic rings. The van der Waals surface area contributed by atoms with Gasteiger partial charge < -0.3 is 5.73 Å². The number of hydrogen-bond donors (Lipinski definition) is 2. The maximum absolute atomic E-state index is 12.7. The van der Waals surface area contributed by atoms with E-state index in [2.05, 4.69) is 4.72 Å². The largest absolute Gasteiger partial charge is 0.329 e. The number of rotatable bonds is 6. The Hall–Kier alpha value is -0.960. The van der Waals surface area contributed by atoms with E-state index in [4.69, 9.17) is 5.73 Å². The first-order valence-electron chi connectivity index (χ1n) is 7.68. The highest BCUT2D eigenvalue weighted by Gasteiger charge is 2.29. The van der Waals surface area contributed by atoms with Crippen molar-refractivity contribution in [2.75, 3.05) is 12.8 Å². The van der Waals surface area contributed by atoms with Gasteiger partial charge in [0.15, 0.2) is 9.84 Å². The number of sulfonamides is 1. The van der Waals surface area contributed by atoms with Crippen LogP contribution in [-0.4, -0.2) is 35.7 Å². The minimum Gasteiger partial charge on any atom is -0.329 e. The fraction of sp³-hybridized carbons (Fsp3) is 0.600. The fourth-order valence-corrected chi connectivity index (χ4v) is 5.37. The van der Waals surface area contributed by atoms with Gasteiger partial charge in [0.25, 0.3) is 0 Å². The summed E-state index contributed by atoms with van der Waals surface area (Å²) in [4.78, 5) is -0.00879. The molecule has 0 aromatic heterocycles. The van der Waals surface area contributed by atoms with Crippen molar-refractivity contribution in [2.24, 2.45) is 11.7 Å². The van der Waals surface area contributed by atoms with Crippen molar-refractivity contribution >= 4 is 19.9 Å². The molecule has 1 aliphatic carbocycles. The summed E-state index contributed by atoms with van der Waals surface area (Å²) >= 11 is 0. The van der Waals surface area contributed by atoms with Gasteiger partial charge in [-0.1, -0.05) is 18.9 Å². The molecule has 0 radical (unpaired) electrons. The van der Waals surface area contributed by atoms with Crippen molar-refractivity contribution in [3.63, 3.8) is 0 Å². The van der Waals surface area contributed by atoms with Crippen LogP contribution in [0.25, 0.3) is 0 Å². The zero-order valence-corrected chi connectivity index (χ0v) is 15.1. The maximum Gasteiger partial charge on any atom is 0.241 e. The molecule has 23 heavy (non-hydrogen) atoms. The molecule has 1 fully saturated rings. The van der Waals surface area contributed by atoms with Crippen molar-refractivity contribution in [1.29, 1.82) is 0 Å². The van der Waals surface area contributed by atoms with E-state index in [9.17, 15) is 16.8 Å². The van der Waals surface area contributed by atoms with E-state index < -0.39 is 19.9 Å². The van der Waals surface area contributed by atoms with Gasteiger partial charge in [0.1, 0.15) is 0 Å². The van der Waals surface area contributed by atoms with Crippen LogP contribution in [0.15, 0.2) is 28.0 Å². The first kappa shape index (κ1) is 18.4. The van der Waals surface area contributed by atoms with Crippen molar-refractivity contribution < 1.29 is 16.8 Å². The molecule has 0 spiro atoms. The third kappa shape index (κ3) is 4.32. The van der Waals surface area contributed by atoms with E-state index in [-0.39, 0.29) is 28.3 Å². The highest BCUT2D eigenvalue weighted by Crippen LogP contribution is 2.29. The Morgan fingerprint density at radius 1 is 1.22 bits per heavy atom. The summed E-state index contributed by atoms with van der Waals surface area (Å²) in [5, 5.41) is 0. The van der Waals surface area contributed by atoms with Gasteiger partial charge >= 0.3 is 0 Å². The summed E-state index contributed by atoms with van der Waals surface area (Å²) in [7, 11) is -7.29. The van der Waals surface area contributed by atoms with E-state index in [1.165, 1.54) is 18.2 Å². The standard InChI is InChI=1S/C15H24N2O4S2/c1-11-7-8-13(22(2,18)19)9-15(11)23(20,21)17-14(10-16)12-5-3-4-6-12/h7-9,12,14,17H,3-6,10,16H2,1-2H3. The molecule has 1 aromatic rings. The number of sulfone groups is 1. The molecule has 2 rings (SSSR count). The molecule has 3 N–H and O–H groups in total. The first-order valence-corrected chi connectivity index (χ1v) is 11.1. The Balaban J connectivity index is 2.35. The van der Waals surface area contributed by atoms with Gasteiger partial charge in [-0.25, -0.2) is 21.6 Å². The summed E-state index contributed by atoms with van der Waals surface area (Å²) < 4.78 is 51.4. The molecule has 0 bridgehead atoms. The van der Waals surface area contributed by atoms with Crippen LogP contribution >= 0.6 is 0 Å². The van der Waals surface area contributed by atoms with Crippen LogP contribution < -0.4 is 10.5 Å². The zero-order chi connectivity index (χ0) is 17.3. The normalized spacial score (nSPS) is 18.2. The van der Waals surface area contributed by atoms with Gasteiger partial charge in [-0.15, -0.1) is 0 Å². The molecule has 1 atom stereocenters. The van der Waals surface area contributed by atoms with Crippen LogP contribution in [0.3, 0.4) is 0 Å². The van der Waals surface area contributed by atoms with Crippen molar-refractivity contribution in [3.05, 3.63) is 23.8 Å². The van der Waals surface area contributed by atoms with E-state index in [1.807, 2.05) is 0 Å². The van der Waals surface area contributed by atoms with Gasteiger partial charge in [-0.2, -0.15) is 0 Å². The third-order valence-corrected chi connectivity index (χ3v) is 7.15. The predicted octanol–water partition coefficient (Wildman–Crippen LogP) is 1.19. The SMILES string of the molecule is Cc1ccc(S(C)(=O)=O)cc1S(=O)(=O)NC(CN)C1CCCC1. The Bertz CT molecular complexity index is 767. The lowest BCUT2D eigenvalue weighted by Gasteiger charge is -2.23. The quantitative estimate of drug-likeness (QED) is 0.793. The number of hydrogen-bond acceptors (Lipinski definition) is 5. The Morgan fingerprint density at radius 3 is 2.35 bits per heavy atom. The van der Waals surface area contributed by atoms with E-state index in [1.54, 1.807) is 6.92 Å². The smallest absolute Gasteiger partial charge is 0.241 e. The Labute approximate surface area is 138 Å². The number of aryl methyl sites for hydroxylation is 1. The van der Waals surface area contributed by atoms with Gasteiger partial charge in [0.2, 0.25) is 10.0 Å². The highest BCUT2D eigenvalue weighted by molar-refractivity contribution is 7.91. The minimum absolute atomic E-state index is 0.00290. The summed E-state index contributed by atoms with van der Waals surface area (Å²) in [6.45, 7) is 1.88. The second-order valence-electron chi connectivity index (χ2n) is 6.21. The van der Waals surface area contributed by atoms with Crippen LogP contribution in [0.5, 0.6) is 0 Å². The summed E-state index contributed by atoms with van der Waals surface area (Å²) in [5.41, 5.74) is 6.26. The molecule has 0 aliphatic heterocycles. The number of nitrogens with one attached hydrogen (secondary N) is 1. The maximum atomic E-state index is 12.7. The molecule has 1 aromatic carbocycles. The monoisotopic (exact) mass is 360 g/mol. The highest BCUT2D eigenvalue weighted by atomic mass is 32.2. The minimum atomic E-state index is -3.82. The molecule has 1 unspecified atom stereocenters.